The first-order valence-electron chi connectivity index (χ1n) is 11.9. The molecular formula is C25H30F4N4O4S. The third-order valence-corrected chi connectivity index (χ3v) is 6.23. The van der Waals surface area contributed by atoms with Crippen LogP contribution < -0.4 is 26.0 Å². The predicted octanol–water partition coefficient (Wildman–Crippen LogP) is 3.77. The topological polar surface area (TPSA) is 97.3 Å². The molecule has 0 bridgehead atoms. The number of benzene rings is 1. The summed E-state index contributed by atoms with van der Waals surface area (Å²) in [5.41, 5.74) is 0.314. The van der Waals surface area contributed by atoms with Crippen LogP contribution in [-0.2, 0) is 4.74 Å². The minimum absolute atomic E-state index is 0.151. The van der Waals surface area contributed by atoms with E-state index < -0.39 is 47.9 Å². The summed E-state index contributed by atoms with van der Waals surface area (Å²) in [6, 6.07) is 6.36. The summed E-state index contributed by atoms with van der Waals surface area (Å²) in [4.78, 5) is 14.1. The molecule has 2 aromatic rings. The molecule has 0 aliphatic carbocycles. The lowest BCUT2D eigenvalue weighted by Gasteiger charge is -2.27. The highest BCUT2D eigenvalue weighted by Gasteiger charge is 2.20. The molecule has 13 heteroatoms. The molecule has 0 amide bonds. The number of anilines is 4. The SMILES string of the molecule is CC(C)c1cc(=O)c(N2CCOCC2)ccc1Nc1c(F)cc(N(O)C[C@@H](O)CNC(=S)C(F)F)cc1F. The molecule has 3 rings (SSSR count). The molecule has 4 N–H and O–H groups in total. The van der Waals surface area contributed by atoms with Gasteiger partial charge in [-0.05, 0) is 29.7 Å². The number of aliphatic hydroxyl groups is 1. The number of nitrogens with zero attached hydrogens (tertiary/aromatic N) is 2. The standard InChI is InChI=1S/C25H30F4N4O4S/c1-14(2)17-11-22(35)21(32-5-7-37-8-6-32)4-3-20(17)31-23-18(26)9-15(10-19(23)27)33(36)13-16(34)12-30-25(38)24(28)29/h3-4,9-11,14,16,24,31,34,36H,5-8,12-13H2,1-2H3,(H,30,38)/t16-/m0/s1. The lowest BCUT2D eigenvalue weighted by atomic mass is 10.0. The van der Waals surface area contributed by atoms with E-state index in [0.717, 1.165) is 12.1 Å². The van der Waals surface area contributed by atoms with E-state index in [1.165, 1.54) is 6.07 Å². The smallest absolute Gasteiger partial charge is 0.288 e. The maximum Gasteiger partial charge on any atom is 0.288 e. The van der Waals surface area contributed by atoms with Crippen LogP contribution >= 0.6 is 12.2 Å². The van der Waals surface area contributed by atoms with Crippen molar-refractivity contribution in [1.82, 2.24) is 5.32 Å². The number of hydrogen-bond donors (Lipinski definition) is 4. The van der Waals surface area contributed by atoms with Gasteiger partial charge in [0, 0.05) is 37.5 Å². The third kappa shape index (κ3) is 7.53. The van der Waals surface area contributed by atoms with Crippen LogP contribution in [0.4, 0.5) is 40.3 Å². The maximum atomic E-state index is 15.0. The van der Waals surface area contributed by atoms with Crippen LogP contribution in [0, 0.1) is 11.6 Å². The van der Waals surface area contributed by atoms with E-state index in [1.807, 2.05) is 18.7 Å². The van der Waals surface area contributed by atoms with Gasteiger partial charge in [0.05, 0.1) is 37.2 Å². The minimum atomic E-state index is -2.90. The zero-order chi connectivity index (χ0) is 28.0. The number of rotatable bonds is 10. The Bertz CT molecular complexity index is 1180. The number of thiocarbonyl (C=S) groups is 1. The molecule has 1 aliphatic rings. The maximum absolute atomic E-state index is 15.0. The summed E-state index contributed by atoms with van der Waals surface area (Å²) < 4.78 is 60.3. The summed E-state index contributed by atoms with van der Waals surface area (Å²) in [6.45, 7) is 4.83. The zero-order valence-corrected chi connectivity index (χ0v) is 21.7. The van der Waals surface area contributed by atoms with Crippen LogP contribution in [0.25, 0.3) is 0 Å². The van der Waals surface area contributed by atoms with Gasteiger partial charge in [-0.25, -0.2) is 17.6 Å². The summed E-state index contributed by atoms with van der Waals surface area (Å²) >= 11 is 4.41. The van der Waals surface area contributed by atoms with Gasteiger partial charge in [0.25, 0.3) is 6.43 Å². The molecule has 1 saturated heterocycles. The first-order valence-corrected chi connectivity index (χ1v) is 12.4. The molecular weight excluding hydrogens is 528 g/mol. The number of nitrogens with one attached hydrogen (secondary N) is 2. The van der Waals surface area contributed by atoms with Gasteiger partial charge >= 0.3 is 0 Å². The van der Waals surface area contributed by atoms with Gasteiger partial charge in [-0.1, -0.05) is 26.1 Å². The average molecular weight is 559 g/mol. The average Bonchev–Trinajstić information content (AvgIpc) is 3.03. The van der Waals surface area contributed by atoms with E-state index in [0.29, 0.717) is 48.3 Å². The van der Waals surface area contributed by atoms with Gasteiger partial charge in [0.2, 0.25) is 5.43 Å². The van der Waals surface area contributed by atoms with Gasteiger partial charge in [-0.15, -0.1) is 0 Å². The molecule has 1 atom stereocenters. The Hall–Kier alpha value is -3.00. The molecule has 38 heavy (non-hydrogen) atoms. The Labute approximate surface area is 222 Å². The Morgan fingerprint density at radius 1 is 1.16 bits per heavy atom. The number of ether oxygens (including phenoxy) is 1. The van der Waals surface area contributed by atoms with Crippen molar-refractivity contribution in [2.45, 2.75) is 32.3 Å². The van der Waals surface area contributed by atoms with E-state index in [4.69, 9.17) is 4.74 Å². The summed E-state index contributed by atoms with van der Waals surface area (Å²) in [5.74, 6) is -2.23. The van der Waals surface area contributed by atoms with Crippen molar-refractivity contribution in [3.8, 4) is 0 Å². The summed E-state index contributed by atoms with van der Waals surface area (Å²) in [7, 11) is 0. The molecule has 1 fully saturated rings. The van der Waals surface area contributed by atoms with Gasteiger partial charge in [0.1, 0.15) is 10.7 Å². The molecule has 0 spiro atoms. The van der Waals surface area contributed by atoms with E-state index in [9.17, 15) is 23.9 Å². The Morgan fingerprint density at radius 2 is 1.79 bits per heavy atom. The lowest BCUT2D eigenvalue weighted by Crippen LogP contribution is -2.40. The Morgan fingerprint density at radius 3 is 2.37 bits per heavy atom. The van der Waals surface area contributed by atoms with Crippen molar-refractivity contribution < 1.29 is 32.6 Å². The number of hydroxylamine groups is 1. The Kier molecular flexibility index (Phi) is 10.3. The normalized spacial score (nSPS) is 14.5. The molecule has 2 aromatic carbocycles. The minimum Gasteiger partial charge on any atom is -0.389 e. The number of halogens is 4. The van der Waals surface area contributed by atoms with Gasteiger partial charge < -0.3 is 25.4 Å². The fraction of sp³-hybridized carbons (Fsp3) is 0.440. The van der Waals surface area contributed by atoms with Crippen LogP contribution in [0.1, 0.15) is 25.3 Å². The Balaban J connectivity index is 1.82. The highest BCUT2D eigenvalue weighted by atomic mass is 32.1. The largest absolute Gasteiger partial charge is 0.389 e. The summed E-state index contributed by atoms with van der Waals surface area (Å²) in [5, 5.41) is 25.4. The highest BCUT2D eigenvalue weighted by molar-refractivity contribution is 7.80. The molecule has 0 saturated carbocycles. The number of hydrogen-bond acceptors (Lipinski definition) is 8. The van der Waals surface area contributed by atoms with Crippen LogP contribution in [0.15, 0.2) is 35.1 Å². The molecule has 208 valence electrons. The van der Waals surface area contributed by atoms with E-state index in [-0.39, 0.29) is 17.0 Å². The molecule has 1 heterocycles. The van der Waals surface area contributed by atoms with Crippen molar-refractivity contribution in [3.63, 3.8) is 0 Å². The second-order valence-corrected chi connectivity index (χ2v) is 9.48. The highest BCUT2D eigenvalue weighted by Crippen LogP contribution is 2.32. The monoisotopic (exact) mass is 558 g/mol. The fourth-order valence-electron chi connectivity index (χ4n) is 3.92. The van der Waals surface area contributed by atoms with Crippen molar-refractivity contribution >= 4 is 40.0 Å². The van der Waals surface area contributed by atoms with Gasteiger partial charge in [0.15, 0.2) is 11.6 Å². The van der Waals surface area contributed by atoms with E-state index >= 15 is 8.78 Å². The summed E-state index contributed by atoms with van der Waals surface area (Å²) in [6.07, 6.45) is -4.28. The molecule has 0 unspecified atom stereocenters. The van der Waals surface area contributed by atoms with Gasteiger partial charge in [-0.2, -0.15) is 0 Å². The molecule has 0 aromatic heterocycles. The number of alkyl halides is 2. The van der Waals surface area contributed by atoms with Gasteiger partial charge in [-0.3, -0.25) is 15.1 Å². The van der Waals surface area contributed by atoms with Crippen molar-refractivity contribution in [3.05, 3.63) is 57.8 Å². The van der Waals surface area contributed by atoms with Crippen molar-refractivity contribution in [2.75, 3.05) is 54.7 Å². The van der Waals surface area contributed by atoms with Crippen LogP contribution in [0.3, 0.4) is 0 Å². The second kappa shape index (κ2) is 13.2. The predicted molar refractivity (Wildman–Crippen MR) is 141 cm³/mol. The van der Waals surface area contributed by atoms with Crippen LogP contribution in [0.5, 0.6) is 0 Å². The van der Waals surface area contributed by atoms with E-state index in [2.05, 4.69) is 22.9 Å². The van der Waals surface area contributed by atoms with Crippen LogP contribution in [-0.4, -0.2) is 67.2 Å². The van der Waals surface area contributed by atoms with E-state index in [1.54, 1.807) is 12.1 Å². The first-order chi connectivity index (χ1) is 18.0. The quantitative estimate of drug-likeness (QED) is 0.197. The zero-order valence-electron chi connectivity index (χ0n) is 20.9. The third-order valence-electron chi connectivity index (χ3n) is 5.91. The lowest BCUT2D eigenvalue weighted by molar-refractivity contribution is 0.122. The molecule has 1 aliphatic heterocycles. The van der Waals surface area contributed by atoms with Crippen molar-refractivity contribution in [2.24, 2.45) is 0 Å². The number of morpholine rings is 1. The van der Waals surface area contributed by atoms with Crippen molar-refractivity contribution in [1.29, 1.82) is 0 Å². The molecule has 8 nitrogen and oxygen atoms in total. The van der Waals surface area contributed by atoms with Crippen LogP contribution in [0.2, 0.25) is 0 Å². The second-order valence-electron chi connectivity index (χ2n) is 9.04. The first kappa shape index (κ1) is 29.6. The molecule has 0 radical (unpaired) electrons. The number of aliphatic hydroxyl groups excluding tert-OH is 1. The fourth-order valence-corrected chi connectivity index (χ4v) is 4.00.